The summed E-state index contributed by atoms with van der Waals surface area (Å²) in [7, 11) is 0. The van der Waals surface area contributed by atoms with E-state index < -0.39 is 24.1 Å². The topological polar surface area (TPSA) is 89.7 Å². The monoisotopic (exact) mass is 420 g/mol. The Morgan fingerprint density at radius 1 is 1.24 bits per heavy atom. The molecule has 2 rings (SSSR count). The molecule has 1 aliphatic carbocycles. The van der Waals surface area contributed by atoms with Crippen molar-refractivity contribution in [3.05, 3.63) is 35.9 Å². The SMILES string of the molecule is CC(C)C[C@@H](N)C(=O)N(C(=O)OCc1ccccc1)C(C=O)CSC1CCCC1. The summed E-state index contributed by atoms with van der Waals surface area (Å²) >= 11 is 1.65. The predicted octanol–water partition coefficient (Wildman–Crippen LogP) is 3.77. The van der Waals surface area contributed by atoms with Gasteiger partial charge in [0.1, 0.15) is 18.9 Å². The van der Waals surface area contributed by atoms with E-state index in [2.05, 4.69) is 0 Å². The molecule has 0 radical (unpaired) electrons. The quantitative estimate of drug-likeness (QED) is 0.580. The van der Waals surface area contributed by atoms with Crippen molar-refractivity contribution in [3.8, 4) is 0 Å². The Balaban J connectivity index is 2.09. The van der Waals surface area contributed by atoms with Crippen LogP contribution in [-0.2, 0) is 20.9 Å². The molecular weight excluding hydrogens is 388 g/mol. The number of imide groups is 1. The van der Waals surface area contributed by atoms with Gasteiger partial charge in [0.15, 0.2) is 0 Å². The van der Waals surface area contributed by atoms with Crippen molar-refractivity contribution in [2.24, 2.45) is 11.7 Å². The maximum Gasteiger partial charge on any atom is 0.417 e. The maximum absolute atomic E-state index is 13.0. The van der Waals surface area contributed by atoms with E-state index >= 15 is 0 Å². The van der Waals surface area contributed by atoms with Crippen LogP contribution in [0.15, 0.2) is 30.3 Å². The lowest BCUT2D eigenvalue weighted by Gasteiger charge is -2.29. The second kappa shape index (κ2) is 12.0. The van der Waals surface area contributed by atoms with Crippen LogP contribution in [0.2, 0.25) is 0 Å². The van der Waals surface area contributed by atoms with Gasteiger partial charge < -0.3 is 15.3 Å². The van der Waals surface area contributed by atoms with Crippen LogP contribution in [0.25, 0.3) is 0 Å². The van der Waals surface area contributed by atoms with Gasteiger partial charge in [0.25, 0.3) is 0 Å². The first-order valence-corrected chi connectivity index (χ1v) is 11.3. The number of benzene rings is 1. The lowest BCUT2D eigenvalue weighted by atomic mass is 10.0. The molecule has 0 saturated heterocycles. The van der Waals surface area contributed by atoms with Crippen molar-refractivity contribution in [1.82, 2.24) is 4.90 Å². The molecule has 1 saturated carbocycles. The van der Waals surface area contributed by atoms with E-state index in [0.29, 0.717) is 23.7 Å². The maximum atomic E-state index is 13.0. The average molecular weight is 421 g/mol. The fourth-order valence-corrected chi connectivity index (χ4v) is 4.79. The first-order chi connectivity index (χ1) is 13.9. The third-order valence-corrected chi connectivity index (χ3v) is 6.45. The lowest BCUT2D eigenvalue weighted by molar-refractivity contribution is -0.135. The number of hydrogen-bond acceptors (Lipinski definition) is 6. The Kier molecular flexibility index (Phi) is 9.67. The molecule has 2 amide bonds. The molecule has 1 aliphatic rings. The number of carbonyl (C=O) groups excluding carboxylic acids is 3. The normalized spacial score (nSPS) is 16.4. The Morgan fingerprint density at radius 2 is 1.90 bits per heavy atom. The van der Waals surface area contributed by atoms with Crippen LogP contribution in [0.3, 0.4) is 0 Å². The zero-order valence-corrected chi connectivity index (χ0v) is 18.1. The number of nitrogens with two attached hydrogens (primary N) is 1. The number of hydrogen-bond donors (Lipinski definition) is 1. The molecule has 6 nitrogen and oxygen atoms in total. The molecule has 1 unspecified atom stereocenters. The minimum Gasteiger partial charge on any atom is -0.444 e. The Labute approximate surface area is 177 Å². The van der Waals surface area contributed by atoms with Gasteiger partial charge in [-0.25, -0.2) is 9.69 Å². The minimum absolute atomic E-state index is 0.0320. The summed E-state index contributed by atoms with van der Waals surface area (Å²) in [5, 5.41) is 0.471. The predicted molar refractivity (Wildman–Crippen MR) is 115 cm³/mol. The van der Waals surface area contributed by atoms with Gasteiger partial charge in [0, 0.05) is 11.0 Å². The second-order valence-electron chi connectivity index (χ2n) is 7.93. The van der Waals surface area contributed by atoms with E-state index in [0.717, 1.165) is 23.3 Å². The molecule has 7 heteroatoms. The third kappa shape index (κ3) is 7.48. The van der Waals surface area contributed by atoms with Gasteiger partial charge in [0.2, 0.25) is 5.91 Å². The van der Waals surface area contributed by atoms with Crippen molar-refractivity contribution >= 4 is 30.0 Å². The fraction of sp³-hybridized carbons (Fsp3) is 0.591. The molecule has 0 aliphatic heterocycles. The summed E-state index contributed by atoms with van der Waals surface area (Å²) in [5.41, 5.74) is 6.86. The van der Waals surface area contributed by atoms with E-state index in [1.165, 1.54) is 12.8 Å². The fourth-order valence-electron chi connectivity index (χ4n) is 3.43. The number of nitrogens with zero attached hydrogens (tertiary/aromatic N) is 1. The van der Waals surface area contributed by atoms with Crippen molar-refractivity contribution in [3.63, 3.8) is 0 Å². The summed E-state index contributed by atoms with van der Waals surface area (Å²) in [6.07, 6.45) is 4.86. The van der Waals surface area contributed by atoms with Crippen molar-refractivity contribution in [2.45, 2.75) is 69.9 Å². The molecule has 2 atom stereocenters. The molecule has 0 heterocycles. The standard InChI is InChI=1S/C22H32N2O4S/c1-16(2)12-20(23)21(26)24(18(13-25)15-29-19-10-6-7-11-19)22(27)28-14-17-8-4-3-5-9-17/h3-5,8-9,13,16,18-20H,6-7,10-12,14-15,23H2,1-2H3/t18?,20-/m1/s1. The molecule has 1 aromatic rings. The molecule has 0 aromatic heterocycles. The van der Waals surface area contributed by atoms with Crippen molar-refractivity contribution in [1.29, 1.82) is 0 Å². The number of thioether (sulfide) groups is 1. The van der Waals surface area contributed by atoms with Gasteiger partial charge in [0.05, 0.1) is 6.04 Å². The number of carbonyl (C=O) groups is 3. The van der Waals surface area contributed by atoms with E-state index in [9.17, 15) is 14.4 Å². The molecule has 160 valence electrons. The Morgan fingerprint density at radius 3 is 2.48 bits per heavy atom. The Bertz CT molecular complexity index is 662. The zero-order chi connectivity index (χ0) is 21.2. The molecule has 1 aromatic carbocycles. The molecular formula is C22H32N2O4S. The van der Waals surface area contributed by atoms with E-state index in [1.807, 2.05) is 44.2 Å². The zero-order valence-electron chi connectivity index (χ0n) is 17.3. The van der Waals surface area contributed by atoms with Crippen LogP contribution in [0.5, 0.6) is 0 Å². The van der Waals surface area contributed by atoms with Crippen LogP contribution in [0.4, 0.5) is 4.79 Å². The van der Waals surface area contributed by atoms with E-state index in [1.54, 1.807) is 11.8 Å². The second-order valence-corrected chi connectivity index (χ2v) is 9.26. The number of amides is 2. The summed E-state index contributed by atoms with van der Waals surface area (Å²) in [5.74, 6) is 0.00827. The van der Waals surface area contributed by atoms with Crippen LogP contribution >= 0.6 is 11.8 Å². The first-order valence-electron chi connectivity index (χ1n) is 10.3. The van der Waals surface area contributed by atoms with Crippen LogP contribution < -0.4 is 5.73 Å². The Hall–Kier alpha value is -1.86. The van der Waals surface area contributed by atoms with E-state index in [-0.39, 0.29) is 12.5 Å². The molecule has 0 bridgehead atoms. The number of aldehydes is 1. The molecule has 29 heavy (non-hydrogen) atoms. The molecule has 0 spiro atoms. The smallest absolute Gasteiger partial charge is 0.417 e. The number of ether oxygens (including phenoxy) is 1. The minimum atomic E-state index is -0.880. The van der Waals surface area contributed by atoms with Crippen molar-refractivity contribution < 1.29 is 19.1 Å². The number of rotatable bonds is 10. The van der Waals surface area contributed by atoms with Gasteiger partial charge in [-0.1, -0.05) is 57.0 Å². The molecule has 1 fully saturated rings. The van der Waals surface area contributed by atoms with Gasteiger partial charge in [-0.2, -0.15) is 11.8 Å². The summed E-state index contributed by atoms with van der Waals surface area (Å²) in [6, 6.07) is 7.49. The van der Waals surface area contributed by atoms with Crippen LogP contribution in [0.1, 0.15) is 51.5 Å². The average Bonchev–Trinajstić information content (AvgIpc) is 3.22. The lowest BCUT2D eigenvalue weighted by Crippen LogP contribution is -2.53. The van der Waals surface area contributed by atoms with Crippen molar-refractivity contribution in [2.75, 3.05) is 5.75 Å². The first kappa shape index (κ1) is 23.4. The third-order valence-electron chi connectivity index (χ3n) is 4.98. The summed E-state index contributed by atoms with van der Waals surface area (Å²) < 4.78 is 5.36. The highest BCUT2D eigenvalue weighted by Gasteiger charge is 2.35. The van der Waals surface area contributed by atoms with Gasteiger partial charge in [-0.15, -0.1) is 0 Å². The highest BCUT2D eigenvalue weighted by Crippen LogP contribution is 2.30. The van der Waals surface area contributed by atoms with Crippen LogP contribution in [0, 0.1) is 5.92 Å². The highest BCUT2D eigenvalue weighted by atomic mass is 32.2. The van der Waals surface area contributed by atoms with E-state index in [4.69, 9.17) is 10.5 Å². The van der Waals surface area contributed by atoms with Gasteiger partial charge in [-0.05, 0) is 30.7 Å². The van der Waals surface area contributed by atoms with Gasteiger partial charge in [-0.3, -0.25) is 4.79 Å². The van der Waals surface area contributed by atoms with Crippen LogP contribution in [-0.4, -0.2) is 46.3 Å². The highest BCUT2D eigenvalue weighted by molar-refractivity contribution is 8.00. The summed E-state index contributed by atoms with van der Waals surface area (Å²) in [6.45, 7) is 3.95. The summed E-state index contributed by atoms with van der Waals surface area (Å²) in [4.78, 5) is 38.5. The van der Waals surface area contributed by atoms with Gasteiger partial charge >= 0.3 is 6.09 Å². The molecule has 2 N–H and O–H groups in total. The largest absolute Gasteiger partial charge is 0.444 e.